The molecule has 0 aliphatic carbocycles. The summed E-state index contributed by atoms with van der Waals surface area (Å²) in [6.07, 6.45) is 3.52. The highest BCUT2D eigenvalue weighted by Crippen LogP contribution is 2.36. The average molecular weight is 448 g/mol. The van der Waals surface area contributed by atoms with Crippen LogP contribution < -0.4 is 5.32 Å². The Hall–Kier alpha value is -3.55. The molecule has 0 spiro atoms. The number of imidazole rings is 1. The Bertz CT molecular complexity index is 1210. The zero-order valence-corrected chi connectivity index (χ0v) is 18.7. The van der Waals surface area contributed by atoms with Gasteiger partial charge in [-0.1, -0.05) is 30.3 Å². The number of pyridine rings is 1. The van der Waals surface area contributed by atoms with Gasteiger partial charge in [0.2, 0.25) is 0 Å². The van der Waals surface area contributed by atoms with Crippen molar-refractivity contribution in [3.8, 4) is 11.4 Å². The van der Waals surface area contributed by atoms with Gasteiger partial charge in [-0.2, -0.15) is 0 Å². The van der Waals surface area contributed by atoms with Crippen molar-refractivity contribution in [1.82, 2.24) is 24.8 Å². The third kappa shape index (κ3) is 3.79. The van der Waals surface area contributed by atoms with Crippen LogP contribution in [0.5, 0.6) is 0 Å². The second kappa shape index (κ2) is 8.42. The van der Waals surface area contributed by atoms with Crippen molar-refractivity contribution in [1.29, 1.82) is 0 Å². The van der Waals surface area contributed by atoms with Crippen LogP contribution in [0.3, 0.4) is 0 Å². The lowest BCUT2D eigenvalue weighted by Crippen LogP contribution is -2.42. The molecule has 1 saturated heterocycles. The van der Waals surface area contributed by atoms with Gasteiger partial charge < -0.3 is 14.8 Å². The van der Waals surface area contributed by atoms with Crippen LogP contribution in [0.2, 0.25) is 0 Å². The maximum Gasteiger partial charge on any atom is 0.276 e. The van der Waals surface area contributed by atoms with E-state index in [2.05, 4.69) is 14.9 Å². The fourth-order valence-electron chi connectivity index (χ4n) is 4.98. The summed E-state index contributed by atoms with van der Waals surface area (Å²) in [5, 5.41) is 2.95. The first-order valence-corrected chi connectivity index (χ1v) is 11.3. The van der Waals surface area contributed by atoms with Gasteiger partial charge in [-0.15, -0.1) is 0 Å². The van der Waals surface area contributed by atoms with Crippen molar-refractivity contribution in [2.75, 3.05) is 0 Å². The lowest BCUT2D eigenvalue weighted by molar-refractivity contribution is 0.0654. The van der Waals surface area contributed by atoms with Gasteiger partial charge in [-0.3, -0.25) is 9.59 Å². The van der Waals surface area contributed by atoms with E-state index in [1.807, 2.05) is 44.2 Å². The molecule has 3 aromatic rings. The fraction of sp³-hybridized carbons (Fsp3) is 0.360. The summed E-state index contributed by atoms with van der Waals surface area (Å²) in [6, 6.07) is 12.2. The molecule has 8 heteroatoms. The summed E-state index contributed by atoms with van der Waals surface area (Å²) in [5.74, 6) is -0.519. The molecule has 2 aliphatic heterocycles. The molecule has 33 heavy (non-hydrogen) atoms. The maximum atomic E-state index is 14.4. The van der Waals surface area contributed by atoms with Crippen molar-refractivity contribution in [3.63, 3.8) is 0 Å². The molecule has 5 rings (SSSR count). The highest BCUT2D eigenvalue weighted by molar-refractivity contribution is 5.95. The van der Waals surface area contributed by atoms with E-state index < -0.39 is 11.7 Å². The third-order valence-electron chi connectivity index (χ3n) is 6.38. The number of nitrogens with zero attached hydrogens (tertiary/aromatic N) is 4. The summed E-state index contributed by atoms with van der Waals surface area (Å²) in [7, 11) is 0. The minimum Gasteiger partial charge on any atom is -0.348 e. The molecule has 2 aliphatic rings. The largest absolute Gasteiger partial charge is 0.348 e. The molecule has 1 aromatic carbocycles. The SMILES string of the molecule is CC(C)NC(=O)c1nc(-c2ccccc2)n2c1C[C@@H]1CC[C@H](C2)N1C(=O)c1ncccc1F. The van der Waals surface area contributed by atoms with Gasteiger partial charge in [0.05, 0.1) is 11.7 Å². The van der Waals surface area contributed by atoms with E-state index in [1.165, 1.54) is 18.3 Å². The molecule has 0 unspecified atom stereocenters. The Balaban J connectivity index is 1.58. The van der Waals surface area contributed by atoms with Gasteiger partial charge in [-0.05, 0) is 38.8 Å². The van der Waals surface area contributed by atoms with E-state index in [9.17, 15) is 14.0 Å². The van der Waals surface area contributed by atoms with Crippen molar-refractivity contribution in [3.05, 3.63) is 71.6 Å². The van der Waals surface area contributed by atoms with Gasteiger partial charge >= 0.3 is 0 Å². The van der Waals surface area contributed by atoms with E-state index >= 15 is 0 Å². The van der Waals surface area contributed by atoms with E-state index in [0.29, 0.717) is 24.5 Å². The quantitative estimate of drug-likeness (QED) is 0.664. The average Bonchev–Trinajstić information content (AvgIpc) is 3.30. The van der Waals surface area contributed by atoms with Gasteiger partial charge in [0.25, 0.3) is 11.8 Å². The summed E-state index contributed by atoms with van der Waals surface area (Å²) >= 11 is 0. The first-order chi connectivity index (χ1) is 15.9. The molecular formula is C25H26FN5O2. The van der Waals surface area contributed by atoms with Crippen LogP contribution in [-0.4, -0.2) is 49.4 Å². The summed E-state index contributed by atoms with van der Waals surface area (Å²) in [6.45, 7) is 4.32. The number of amides is 2. The predicted octanol–water partition coefficient (Wildman–Crippen LogP) is 3.45. The lowest BCUT2D eigenvalue weighted by atomic mass is 10.0. The number of fused-ring (bicyclic) bond motifs is 3. The molecule has 1 N–H and O–H groups in total. The number of benzene rings is 1. The molecule has 2 bridgehead atoms. The van der Waals surface area contributed by atoms with Crippen LogP contribution in [0.4, 0.5) is 4.39 Å². The minimum atomic E-state index is -0.616. The first-order valence-electron chi connectivity index (χ1n) is 11.3. The van der Waals surface area contributed by atoms with Crippen molar-refractivity contribution in [2.45, 2.75) is 57.8 Å². The van der Waals surface area contributed by atoms with Gasteiger partial charge in [0.15, 0.2) is 11.5 Å². The number of carbonyl (C=O) groups excluding carboxylic acids is 2. The highest BCUT2D eigenvalue weighted by atomic mass is 19.1. The zero-order chi connectivity index (χ0) is 23.1. The number of hydrogen-bond donors (Lipinski definition) is 1. The molecule has 0 saturated carbocycles. The Labute approximate surface area is 191 Å². The van der Waals surface area contributed by atoms with Crippen LogP contribution in [0, 0.1) is 5.82 Å². The molecule has 2 amide bonds. The minimum absolute atomic E-state index is 0.0255. The smallest absolute Gasteiger partial charge is 0.276 e. The topological polar surface area (TPSA) is 80.1 Å². The van der Waals surface area contributed by atoms with Crippen LogP contribution in [0.15, 0.2) is 48.7 Å². The second-order valence-electron chi connectivity index (χ2n) is 8.97. The molecule has 4 heterocycles. The second-order valence-corrected chi connectivity index (χ2v) is 8.97. The van der Waals surface area contributed by atoms with Crippen LogP contribution >= 0.6 is 0 Å². The van der Waals surface area contributed by atoms with Gasteiger partial charge in [-0.25, -0.2) is 14.4 Å². The van der Waals surface area contributed by atoms with Crippen molar-refractivity contribution >= 4 is 11.8 Å². The molecule has 2 aromatic heterocycles. The normalized spacial score (nSPS) is 19.3. The van der Waals surface area contributed by atoms with E-state index in [1.54, 1.807) is 4.90 Å². The summed E-state index contributed by atoms with van der Waals surface area (Å²) in [5.41, 5.74) is 1.97. The molecule has 7 nitrogen and oxygen atoms in total. The standard InChI is InChI=1S/C25H26FN5O2/c1-15(2)28-24(32)22-20-13-17-10-11-18(31(17)25(33)21-19(26)9-6-12-27-21)14-30(20)23(29-22)16-7-4-3-5-8-16/h3-9,12,15,17-18H,10-11,13-14H2,1-2H3,(H,28,32)/t17-,18+/m0/s1. The molecule has 2 atom stereocenters. The van der Waals surface area contributed by atoms with Gasteiger partial charge in [0, 0.05) is 36.8 Å². The summed E-state index contributed by atoms with van der Waals surface area (Å²) in [4.78, 5) is 36.9. The number of hydrogen-bond acceptors (Lipinski definition) is 4. The van der Waals surface area contributed by atoms with Crippen LogP contribution in [0.25, 0.3) is 11.4 Å². The molecule has 170 valence electrons. The molecule has 1 fully saturated rings. The highest BCUT2D eigenvalue weighted by Gasteiger charge is 2.43. The Kier molecular flexibility index (Phi) is 5.44. The van der Waals surface area contributed by atoms with E-state index in [0.717, 1.165) is 24.1 Å². The number of rotatable bonds is 4. The van der Waals surface area contributed by atoms with Crippen molar-refractivity contribution in [2.24, 2.45) is 0 Å². The number of carbonyl (C=O) groups is 2. The van der Waals surface area contributed by atoms with Crippen molar-refractivity contribution < 1.29 is 14.0 Å². The maximum absolute atomic E-state index is 14.4. The molecular weight excluding hydrogens is 421 g/mol. The fourth-order valence-corrected chi connectivity index (χ4v) is 4.98. The lowest BCUT2D eigenvalue weighted by Gasteiger charge is -2.28. The van der Waals surface area contributed by atoms with Crippen LogP contribution in [0.1, 0.15) is 53.4 Å². The number of nitrogens with one attached hydrogen (secondary N) is 1. The first kappa shape index (κ1) is 21.3. The van der Waals surface area contributed by atoms with Gasteiger partial charge in [0.1, 0.15) is 11.5 Å². The Morgan fingerprint density at radius 2 is 1.82 bits per heavy atom. The number of halogens is 1. The monoisotopic (exact) mass is 447 g/mol. The predicted molar refractivity (Wildman–Crippen MR) is 121 cm³/mol. The zero-order valence-electron chi connectivity index (χ0n) is 18.7. The number of aromatic nitrogens is 3. The Morgan fingerprint density at radius 3 is 2.55 bits per heavy atom. The summed E-state index contributed by atoms with van der Waals surface area (Å²) < 4.78 is 16.4. The Morgan fingerprint density at radius 1 is 1.06 bits per heavy atom. The third-order valence-corrected chi connectivity index (χ3v) is 6.38. The van der Waals surface area contributed by atoms with E-state index in [4.69, 9.17) is 4.98 Å². The van der Waals surface area contributed by atoms with E-state index in [-0.39, 0.29) is 29.7 Å². The van der Waals surface area contributed by atoms with Crippen LogP contribution in [-0.2, 0) is 13.0 Å². The molecule has 0 radical (unpaired) electrons.